The second-order valence-corrected chi connectivity index (χ2v) is 6.54. The molecule has 0 unspecified atom stereocenters. The maximum Gasteiger partial charge on any atom is 0.251 e. The fraction of sp³-hybridized carbons (Fsp3) is 0.389. The van der Waals surface area contributed by atoms with Gasteiger partial charge in [-0.25, -0.2) is 9.50 Å². The van der Waals surface area contributed by atoms with E-state index in [9.17, 15) is 4.79 Å². The number of nitrogens with one attached hydrogen (secondary N) is 1. The van der Waals surface area contributed by atoms with Crippen LogP contribution in [0.25, 0.3) is 5.52 Å². The molecule has 0 atom stereocenters. The smallest absolute Gasteiger partial charge is 0.251 e. The predicted molar refractivity (Wildman–Crippen MR) is 92.0 cm³/mol. The lowest BCUT2D eigenvalue weighted by molar-refractivity contribution is 0.203. The molecule has 6 nitrogen and oxygen atoms in total. The van der Waals surface area contributed by atoms with Gasteiger partial charge < -0.3 is 4.98 Å². The number of hydrogen-bond donors (Lipinski definition) is 1. The number of aromatic amines is 1. The van der Waals surface area contributed by atoms with Crippen LogP contribution in [-0.4, -0.2) is 37.6 Å². The number of nitrogens with zero attached hydrogens (tertiary/aromatic N) is 4. The van der Waals surface area contributed by atoms with Crippen molar-refractivity contribution in [3.63, 3.8) is 0 Å². The Morgan fingerprint density at radius 1 is 1.25 bits per heavy atom. The maximum atomic E-state index is 11.6. The van der Waals surface area contributed by atoms with E-state index < -0.39 is 0 Å². The number of likely N-dealkylation sites (tertiary alicyclic amines) is 1. The first kappa shape index (κ1) is 15.1. The van der Waals surface area contributed by atoms with Crippen molar-refractivity contribution in [3.05, 3.63) is 64.1 Å². The molecule has 0 amide bonds. The Bertz CT molecular complexity index is 905. The van der Waals surface area contributed by atoms with Gasteiger partial charge in [0.05, 0.1) is 11.2 Å². The monoisotopic (exact) mass is 323 g/mol. The van der Waals surface area contributed by atoms with Crippen LogP contribution >= 0.6 is 0 Å². The zero-order valence-electron chi connectivity index (χ0n) is 13.8. The molecule has 4 rings (SSSR count). The van der Waals surface area contributed by atoms with E-state index in [1.807, 2.05) is 29.9 Å². The molecule has 4 heterocycles. The van der Waals surface area contributed by atoms with Crippen LogP contribution in [0.2, 0.25) is 0 Å². The van der Waals surface area contributed by atoms with Crippen molar-refractivity contribution in [2.45, 2.75) is 32.2 Å². The molecule has 1 N–H and O–H groups in total. The van der Waals surface area contributed by atoms with Gasteiger partial charge in [0.25, 0.3) is 5.56 Å². The van der Waals surface area contributed by atoms with E-state index in [1.54, 1.807) is 6.07 Å². The van der Waals surface area contributed by atoms with Gasteiger partial charge >= 0.3 is 0 Å². The Labute approximate surface area is 140 Å². The average molecular weight is 323 g/mol. The lowest BCUT2D eigenvalue weighted by atomic mass is 9.93. The van der Waals surface area contributed by atoms with E-state index in [0.29, 0.717) is 11.7 Å². The van der Waals surface area contributed by atoms with Gasteiger partial charge in [0.15, 0.2) is 0 Å². The van der Waals surface area contributed by atoms with Gasteiger partial charge in [-0.05, 0) is 56.6 Å². The molecular weight excluding hydrogens is 302 g/mol. The minimum atomic E-state index is -0.0472. The maximum absolute atomic E-state index is 11.6. The van der Waals surface area contributed by atoms with E-state index in [1.165, 1.54) is 5.56 Å². The minimum Gasteiger partial charge on any atom is -0.311 e. The van der Waals surface area contributed by atoms with Gasteiger partial charge in [0.2, 0.25) is 0 Å². The van der Waals surface area contributed by atoms with Crippen LogP contribution in [-0.2, 0) is 6.54 Å². The third-order valence-corrected chi connectivity index (χ3v) is 4.76. The van der Waals surface area contributed by atoms with Gasteiger partial charge in [-0.1, -0.05) is 0 Å². The molecule has 0 aliphatic carbocycles. The third kappa shape index (κ3) is 3.10. The number of aryl methyl sites for hydroxylation is 1. The van der Waals surface area contributed by atoms with E-state index in [0.717, 1.165) is 43.7 Å². The van der Waals surface area contributed by atoms with Gasteiger partial charge in [-0.2, -0.15) is 5.10 Å². The molecule has 3 aromatic heterocycles. The van der Waals surface area contributed by atoms with Crippen LogP contribution in [0.3, 0.4) is 0 Å². The van der Waals surface area contributed by atoms with Gasteiger partial charge in [0.1, 0.15) is 5.82 Å². The first-order valence-electron chi connectivity index (χ1n) is 8.40. The van der Waals surface area contributed by atoms with Gasteiger partial charge in [-0.3, -0.25) is 9.69 Å². The SMILES string of the molecule is Cc1nc(C2CCN(Cc3ccn4nccc4c3)CC2)cc(=O)[nH]1. The summed E-state index contributed by atoms with van der Waals surface area (Å²) in [5, 5.41) is 4.23. The molecule has 0 saturated carbocycles. The number of aromatic nitrogens is 4. The number of piperidine rings is 1. The predicted octanol–water partition coefficient (Wildman–Crippen LogP) is 2.11. The second kappa shape index (κ2) is 6.20. The fourth-order valence-corrected chi connectivity index (χ4v) is 3.52. The van der Waals surface area contributed by atoms with Crippen LogP contribution < -0.4 is 5.56 Å². The van der Waals surface area contributed by atoms with E-state index in [-0.39, 0.29) is 5.56 Å². The van der Waals surface area contributed by atoms with E-state index in [2.05, 4.69) is 32.1 Å². The molecule has 0 radical (unpaired) electrons. The summed E-state index contributed by atoms with van der Waals surface area (Å²) in [5.41, 5.74) is 3.34. The lowest BCUT2D eigenvalue weighted by Gasteiger charge is -2.31. The quantitative estimate of drug-likeness (QED) is 0.802. The van der Waals surface area contributed by atoms with Crippen molar-refractivity contribution in [3.8, 4) is 0 Å². The van der Waals surface area contributed by atoms with Gasteiger partial charge in [0, 0.05) is 30.9 Å². The van der Waals surface area contributed by atoms with Crippen molar-refractivity contribution in [1.29, 1.82) is 0 Å². The molecule has 0 spiro atoms. The van der Waals surface area contributed by atoms with Crippen LogP contribution in [0, 0.1) is 6.92 Å². The molecule has 24 heavy (non-hydrogen) atoms. The molecular formula is C18H21N5O. The summed E-state index contributed by atoms with van der Waals surface area (Å²) in [7, 11) is 0. The summed E-state index contributed by atoms with van der Waals surface area (Å²) in [6, 6.07) is 8.01. The Kier molecular flexibility index (Phi) is 3.90. The zero-order chi connectivity index (χ0) is 16.5. The second-order valence-electron chi connectivity index (χ2n) is 6.54. The summed E-state index contributed by atoms with van der Waals surface area (Å²) in [6.07, 6.45) is 5.93. The largest absolute Gasteiger partial charge is 0.311 e. The molecule has 1 fully saturated rings. The van der Waals surface area contributed by atoms with Crippen LogP contribution in [0.5, 0.6) is 0 Å². The van der Waals surface area contributed by atoms with Crippen molar-refractivity contribution in [1.82, 2.24) is 24.5 Å². The normalized spacial score (nSPS) is 16.7. The highest BCUT2D eigenvalue weighted by Gasteiger charge is 2.22. The molecule has 0 aromatic carbocycles. The molecule has 3 aromatic rings. The van der Waals surface area contributed by atoms with E-state index >= 15 is 0 Å². The van der Waals surface area contributed by atoms with Crippen LogP contribution in [0.1, 0.15) is 35.8 Å². The standard InChI is InChI=1S/C18H21N5O/c1-13-20-17(11-18(24)21-13)15-4-7-22(8-5-15)12-14-3-9-23-16(10-14)2-6-19-23/h2-3,6,9-11,15H,4-5,7-8,12H2,1H3,(H,20,21,24). The van der Waals surface area contributed by atoms with Crippen molar-refractivity contribution in [2.24, 2.45) is 0 Å². The van der Waals surface area contributed by atoms with E-state index in [4.69, 9.17) is 0 Å². The summed E-state index contributed by atoms with van der Waals surface area (Å²) >= 11 is 0. The highest BCUT2D eigenvalue weighted by atomic mass is 16.1. The summed E-state index contributed by atoms with van der Waals surface area (Å²) in [6.45, 7) is 4.86. The summed E-state index contributed by atoms with van der Waals surface area (Å²) in [4.78, 5) is 21.3. The van der Waals surface area contributed by atoms with Crippen LogP contribution in [0.15, 0.2) is 41.5 Å². The number of hydrogen-bond acceptors (Lipinski definition) is 4. The highest BCUT2D eigenvalue weighted by Crippen LogP contribution is 2.26. The molecule has 124 valence electrons. The Morgan fingerprint density at radius 3 is 2.88 bits per heavy atom. The Morgan fingerprint density at radius 2 is 2.08 bits per heavy atom. The number of rotatable bonds is 3. The first-order chi connectivity index (χ1) is 11.7. The lowest BCUT2D eigenvalue weighted by Crippen LogP contribution is -2.33. The Balaban J connectivity index is 1.41. The molecule has 1 aliphatic heterocycles. The number of pyridine rings is 1. The highest BCUT2D eigenvalue weighted by molar-refractivity contribution is 5.47. The Hall–Kier alpha value is -2.47. The van der Waals surface area contributed by atoms with Crippen molar-refractivity contribution >= 4 is 5.52 Å². The topological polar surface area (TPSA) is 66.3 Å². The first-order valence-corrected chi connectivity index (χ1v) is 8.40. The summed E-state index contributed by atoms with van der Waals surface area (Å²) < 4.78 is 1.89. The number of H-pyrrole nitrogens is 1. The molecule has 1 saturated heterocycles. The van der Waals surface area contributed by atoms with Crippen molar-refractivity contribution in [2.75, 3.05) is 13.1 Å². The van der Waals surface area contributed by atoms with Crippen molar-refractivity contribution < 1.29 is 0 Å². The zero-order valence-corrected chi connectivity index (χ0v) is 13.8. The summed E-state index contributed by atoms with van der Waals surface area (Å²) in [5.74, 6) is 1.09. The number of fused-ring (bicyclic) bond motifs is 1. The van der Waals surface area contributed by atoms with Crippen LogP contribution in [0.4, 0.5) is 0 Å². The minimum absolute atomic E-state index is 0.0472. The molecule has 6 heteroatoms. The molecule has 1 aliphatic rings. The fourth-order valence-electron chi connectivity index (χ4n) is 3.52. The molecule has 0 bridgehead atoms. The third-order valence-electron chi connectivity index (χ3n) is 4.76. The average Bonchev–Trinajstić information content (AvgIpc) is 3.02. The van der Waals surface area contributed by atoms with Gasteiger partial charge in [-0.15, -0.1) is 0 Å².